The number of rotatable bonds is 2. The highest BCUT2D eigenvalue weighted by Gasteiger charge is 2.21. The monoisotopic (exact) mass is 172 g/mol. The SMILES string of the molecule is CO[C@@H]1CCCCCC[C@H]1OC. The van der Waals surface area contributed by atoms with Crippen LogP contribution in [0.3, 0.4) is 0 Å². The summed E-state index contributed by atoms with van der Waals surface area (Å²) in [7, 11) is 3.58. The maximum absolute atomic E-state index is 5.41. The highest BCUT2D eigenvalue weighted by atomic mass is 16.5. The fourth-order valence-corrected chi connectivity index (χ4v) is 1.96. The molecular formula is C10H20O2. The van der Waals surface area contributed by atoms with Gasteiger partial charge in [0.1, 0.15) is 0 Å². The molecule has 2 atom stereocenters. The summed E-state index contributed by atoms with van der Waals surface area (Å²) >= 11 is 0. The molecule has 0 heterocycles. The molecule has 1 rings (SSSR count). The molecule has 0 aromatic rings. The Bertz CT molecular complexity index is 100. The summed E-state index contributed by atoms with van der Waals surface area (Å²) in [5.41, 5.74) is 0. The van der Waals surface area contributed by atoms with Gasteiger partial charge in [-0.15, -0.1) is 0 Å². The van der Waals surface area contributed by atoms with Crippen molar-refractivity contribution in [3.05, 3.63) is 0 Å². The average Bonchev–Trinajstić information content (AvgIpc) is 2.05. The van der Waals surface area contributed by atoms with E-state index in [9.17, 15) is 0 Å². The molecule has 12 heavy (non-hydrogen) atoms. The molecule has 2 heteroatoms. The molecule has 1 aliphatic carbocycles. The van der Waals surface area contributed by atoms with Crippen LogP contribution in [0.5, 0.6) is 0 Å². The topological polar surface area (TPSA) is 18.5 Å². The Kier molecular flexibility index (Phi) is 4.62. The predicted octanol–water partition coefficient (Wildman–Crippen LogP) is 2.37. The Balaban J connectivity index is 2.39. The third-order valence-electron chi connectivity index (χ3n) is 2.75. The average molecular weight is 172 g/mol. The Labute approximate surface area is 75.2 Å². The van der Waals surface area contributed by atoms with Gasteiger partial charge in [-0.2, -0.15) is 0 Å². The van der Waals surface area contributed by atoms with Crippen LogP contribution in [0.4, 0.5) is 0 Å². The first-order valence-electron chi connectivity index (χ1n) is 4.94. The summed E-state index contributed by atoms with van der Waals surface area (Å²) < 4.78 is 10.8. The van der Waals surface area contributed by atoms with E-state index in [4.69, 9.17) is 9.47 Å². The molecule has 72 valence electrons. The lowest BCUT2D eigenvalue weighted by Crippen LogP contribution is -2.30. The van der Waals surface area contributed by atoms with Gasteiger partial charge in [-0.25, -0.2) is 0 Å². The fourth-order valence-electron chi connectivity index (χ4n) is 1.96. The third kappa shape index (κ3) is 2.76. The van der Waals surface area contributed by atoms with Gasteiger partial charge in [-0.1, -0.05) is 25.7 Å². The van der Waals surface area contributed by atoms with E-state index in [1.54, 1.807) is 14.2 Å². The zero-order valence-corrected chi connectivity index (χ0v) is 8.21. The maximum atomic E-state index is 5.41. The van der Waals surface area contributed by atoms with Crippen LogP contribution >= 0.6 is 0 Å². The van der Waals surface area contributed by atoms with Crippen LogP contribution in [-0.4, -0.2) is 26.4 Å². The molecule has 0 aromatic carbocycles. The van der Waals surface area contributed by atoms with Gasteiger partial charge in [-0.3, -0.25) is 0 Å². The van der Waals surface area contributed by atoms with Crippen LogP contribution in [0.2, 0.25) is 0 Å². The second-order valence-electron chi connectivity index (χ2n) is 3.54. The summed E-state index contributed by atoms with van der Waals surface area (Å²) in [4.78, 5) is 0. The predicted molar refractivity (Wildman–Crippen MR) is 49.3 cm³/mol. The zero-order valence-electron chi connectivity index (χ0n) is 8.21. The number of hydrogen-bond donors (Lipinski definition) is 0. The van der Waals surface area contributed by atoms with Gasteiger partial charge >= 0.3 is 0 Å². The first kappa shape index (κ1) is 10.0. The summed E-state index contributed by atoms with van der Waals surface area (Å²) in [5.74, 6) is 0. The van der Waals surface area contributed by atoms with Gasteiger partial charge in [0.05, 0.1) is 12.2 Å². The van der Waals surface area contributed by atoms with Crippen molar-refractivity contribution in [3.8, 4) is 0 Å². The maximum Gasteiger partial charge on any atom is 0.0832 e. The molecule has 1 saturated carbocycles. The van der Waals surface area contributed by atoms with Crippen molar-refractivity contribution < 1.29 is 9.47 Å². The van der Waals surface area contributed by atoms with Crippen LogP contribution in [-0.2, 0) is 9.47 Å². The largest absolute Gasteiger partial charge is 0.379 e. The Morgan fingerprint density at radius 3 is 1.50 bits per heavy atom. The van der Waals surface area contributed by atoms with Crippen molar-refractivity contribution in [2.24, 2.45) is 0 Å². The molecule has 1 aliphatic rings. The fraction of sp³-hybridized carbons (Fsp3) is 1.00. The highest BCUT2D eigenvalue weighted by Crippen LogP contribution is 2.21. The molecule has 0 amide bonds. The van der Waals surface area contributed by atoms with E-state index in [0.717, 1.165) is 12.8 Å². The molecule has 0 bridgehead atoms. The lowest BCUT2D eigenvalue weighted by molar-refractivity contribution is -0.0481. The van der Waals surface area contributed by atoms with Gasteiger partial charge < -0.3 is 9.47 Å². The molecule has 0 saturated heterocycles. The van der Waals surface area contributed by atoms with Crippen LogP contribution < -0.4 is 0 Å². The van der Waals surface area contributed by atoms with Gasteiger partial charge in [0.15, 0.2) is 0 Å². The van der Waals surface area contributed by atoms with E-state index in [1.165, 1.54) is 25.7 Å². The standard InChI is InChI=1S/C10H20O2/c1-11-9-7-5-3-4-6-8-10(9)12-2/h9-10H,3-8H2,1-2H3/t9-,10-/m1/s1. The van der Waals surface area contributed by atoms with Crippen LogP contribution in [0.25, 0.3) is 0 Å². The van der Waals surface area contributed by atoms with Crippen molar-refractivity contribution in [1.82, 2.24) is 0 Å². The minimum Gasteiger partial charge on any atom is -0.379 e. The summed E-state index contributed by atoms with van der Waals surface area (Å²) in [6.45, 7) is 0. The van der Waals surface area contributed by atoms with Gasteiger partial charge in [0, 0.05) is 14.2 Å². The molecule has 0 radical (unpaired) electrons. The third-order valence-corrected chi connectivity index (χ3v) is 2.75. The van der Waals surface area contributed by atoms with Crippen molar-refractivity contribution >= 4 is 0 Å². The van der Waals surface area contributed by atoms with Gasteiger partial charge in [0.2, 0.25) is 0 Å². The summed E-state index contributed by atoms with van der Waals surface area (Å²) in [6, 6.07) is 0. The van der Waals surface area contributed by atoms with Crippen molar-refractivity contribution in [2.45, 2.75) is 50.7 Å². The smallest absolute Gasteiger partial charge is 0.0832 e. The minimum atomic E-state index is 0.329. The molecule has 2 nitrogen and oxygen atoms in total. The summed E-state index contributed by atoms with van der Waals surface area (Å²) in [5, 5.41) is 0. The first-order valence-corrected chi connectivity index (χ1v) is 4.94. The molecule has 0 aliphatic heterocycles. The van der Waals surface area contributed by atoms with Gasteiger partial charge in [-0.05, 0) is 12.8 Å². The van der Waals surface area contributed by atoms with E-state index < -0.39 is 0 Å². The second-order valence-corrected chi connectivity index (χ2v) is 3.54. The zero-order chi connectivity index (χ0) is 8.81. The molecule has 0 N–H and O–H groups in total. The second kappa shape index (κ2) is 5.55. The van der Waals surface area contributed by atoms with Crippen molar-refractivity contribution in [3.63, 3.8) is 0 Å². The van der Waals surface area contributed by atoms with E-state index >= 15 is 0 Å². The van der Waals surface area contributed by atoms with Crippen LogP contribution in [0, 0.1) is 0 Å². The van der Waals surface area contributed by atoms with Crippen LogP contribution in [0.15, 0.2) is 0 Å². The van der Waals surface area contributed by atoms with E-state index in [1.807, 2.05) is 0 Å². The van der Waals surface area contributed by atoms with Crippen molar-refractivity contribution in [2.75, 3.05) is 14.2 Å². The minimum absolute atomic E-state index is 0.329. The van der Waals surface area contributed by atoms with E-state index in [0.29, 0.717) is 12.2 Å². The molecule has 0 aromatic heterocycles. The number of methoxy groups -OCH3 is 2. The summed E-state index contributed by atoms with van der Waals surface area (Å²) in [6.07, 6.45) is 8.28. The Morgan fingerprint density at radius 1 is 0.750 bits per heavy atom. The van der Waals surface area contributed by atoms with E-state index in [-0.39, 0.29) is 0 Å². The quantitative estimate of drug-likeness (QED) is 0.636. The Hall–Kier alpha value is -0.0800. The molecule has 0 spiro atoms. The molecular weight excluding hydrogens is 152 g/mol. The Morgan fingerprint density at radius 2 is 1.17 bits per heavy atom. The number of hydrogen-bond acceptors (Lipinski definition) is 2. The molecule has 0 unspecified atom stereocenters. The molecule has 1 fully saturated rings. The van der Waals surface area contributed by atoms with Crippen LogP contribution in [0.1, 0.15) is 38.5 Å². The normalized spacial score (nSPS) is 32.5. The van der Waals surface area contributed by atoms with Gasteiger partial charge in [0.25, 0.3) is 0 Å². The van der Waals surface area contributed by atoms with E-state index in [2.05, 4.69) is 0 Å². The lowest BCUT2D eigenvalue weighted by Gasteiger charge is -2.26. The van der Waals surface area contributed by atoms with Crippen molar-refractivity contribution in [1.29, 1.82) is 0 Å². The lowest BCUT2D eigenvalue weighted by atomic mass is 9.96. The number of ether oxygens (including phenoxy) is 2. The highest BCUT2D eigenvalue weighted by molar-refractivity contribution is 4.72. The first-order chi connectivity index (χ1) is 5.88.